The lowest BCUT2D eigenvalue weighted by atomic mass is 10.1. The Kier molecular flexibility index (Phi) is 6.99. The van der Waals surface area contributed by atoms with E-state index >= 15 is 0 Å². The summed E-state index contributed by atoms with van der Waals surface area (Å²) in [4.78, 5) is 27.0. The Hall–Kier alpha value is -3.72. The highest BCUT2D eigenvalue weighted by atomic mass is 32.2. The zero-order valence-corrected chi connectivity index (χ0v) is 21.5. The summed E-state index contributed by atoms with van der Waals surface area (Å²) in [5.41, 5.74) is 4.98. The zero-order valence-electron chi connectivity index (χ0n) is 20.7. The predicted molar refractivity (Wildman–Crippen MR) is 142 cm³/mol. The number of carbonyl (C=O) groups is 1. The number of carbonyl (C=O) groups excluding carboxylic acids is 1. The molecule has 8 nitrogen and oxygen atoms in total. The van der Waals surface area contributed by atoms with E-state index < -0.39 is 0 Å². The van der Waals surface area contributed by atoms with E-state index in [0.717, 1.165) is 40.2 Å². The molecule has 36 heavy (non-hydrogen) atoms. The van der Waals surface area contributed by atoms with Crippen molar-refractivity contribution in [3.05, 3.63) is 83.7 Å². The Bertz CT molecular complexity index is 1510. The van der Waals surface area contributed by atoms with Gasteiger partial charge >= 0.3 is 0 Å². The number of nitrogens with zero attached hydrogens (tertiary/aromatic N) is 6. The van der Waals surface area contributed by atoms with Crippen LogP contribution in [0.4, 0.5) is 0 Å². The number of aromatic nitrogens is 6. The first-order chi connectivity index (χ1) is 17.5. The van der Waals surface area contributed by atoms with Gasteiger partial charge in [0.25, 0.3) is 0 Å². The van der Waals surface area contributed by atoms with Crippen molar-refractivity contribution < 1.29 is 4.79 Å². The van der Waals surface area contributed by atoms with Gasteiger partial charge in [-0.05, 0) is 38.0 Å². The van der Waals surface area contributed by atoms with Crippen LogP contribution < -0.4 is 5.32 Å². The minimum atomic E-state index is -0.298. The molecule has 5 aromatic rings. The molecule has 0 saturated carbocycles. The highest BCUT2D eigenvalue weighted by molar-refractivity contribution is 8.00. The number of imidazole rings is 1. The molecule has 0 radical (unpaired) electrons. The van der Waals surface area contributed by atoms with Crippen LogP contribution in [0.3, 0.4) is 0 Å². The fourth-order valence-electron chi connectivity index (χ4n) is 4.06. The molecule has 0 saturated heterocycles. The van der Waals surface area contributed by atoms with Crippen LogP contribution in [0.5, 0.6) is 0 Å². The van der Waals surface area contributed by atoms with Crippen molar-refractivity contribution in [1.82, 2.24) is 34.4 Å². The van der Waals surface area contributed by atoms with E-state index in [1.807, 2.05) is 62.8 Å². The largest absolute Gasteiger partial charge is 0.351 e. The van der Waals surface area contributed by atoms with Crippen molar-refractivity contribution in [1.29, 1.82) is 0 Å². The minimum Gasteiger partial charge on any atom is -0.351 e. The second-order valence-electron chi connectivity index (χ2n) is 8.87. The van der Waals surface area contributed by atoms with Crippen molar-refractivity contribution in [3.8, 4) is 0 Å². The molecule has 1 N–H and O–H groups in total. The molecular weight excluding hydrogens is 470 g/mol. The van der Waals surface area contributed by atoms with E-state index in [1.54, 1.807) is 4.52 Å². The van der Waals surface area contributed by atoms with Gasteiger partial charge in [-0.2, -0.15) is 4.52 Å². The Balaban J connectivity index is 1.40. The third-order valence-corrected chi connectivity index (χ3v) is 7.50. The number of thioether (sulfide) groups is 1. The van der Waals surface area contributed by atoms with Gasteiger partial charge in [0.15, 0.2) is 16.6 Å². The third-order valence-electron chi connectivity index (χ3n) is 6.19. The number of benzene rings is 2. The number of hydrogen-bond donors (Lipinski definition) is 1. The Morgan fingerprint density at radius 3 is 2.64 bits per heavy atom. The van der Waals surface area contributed by atoms with Crippen molar-refractivity contribution in [2.24, 2.45) is 0 Å². The van der Waals surface area contributed by atoms with E-state index in [1.165, 1.54) is 17.3 Å². The molecular formula is C27H29N7OS. The van der Waals surface area contributed by atoms with Crippen molar-refractivity contribution in [2.75, 3.05) is 0 Å². The molecule has 5 rings (SSSR count). The lowest BCUT2D eigenvalue weighted by Gasteiger charge is -2.15. The Morgan fingerprint density at radius 2 is 1.89 bits per heavy atom. The number of nitrogens with one attached hydrogen (secondary N) is 1. The van der Waals surface area contributed by atoms with Gasteiger partial charge < -0.3 is 9.88 Å². The SMILES string of the molecule is CCC(Sc1nc2ccccc2c2nc(CCn3cncc3C)nn12)C(=O)NCc1ccc(C)cc1. The number of amides is 1. The number of para-hydroxylation sites is 1. The van der Waals surface area contributed by atoms with Gasteiger partial charge in [-0.1, -0.05) is 60.6 Å². The minimum absolute atomic E-state index is 0.0119. The Labute approximate surface area is 214 Å². The smallest absolute Gasteiger partial charge is 0.233 e. The molecule has 0 aliphatic carbocycles. The first-order valence-electron chi connectivity index (χ1n) is 12.1. The monoisotopic (exact) mass is 499 g/mol. The summed E-state index contributed by atoms with van der Waals surface area (Å²) in [5, 5.41) is 9.19. The normalized spacial score (nSPS) is 12.3. The van der Waals surface area contributed by atoms with Crippen LogP contribution in [-0.4, -0.2) is 40.3 Å². The fourth-order valence-corrected chi connectivity index (χ4v) is 5.04. The second kappa shape index (κ2) is 10.5. The number of rotatable bonds is 9. The van der Waals surface area contributed by atoms with E-state index in [2.05, 4.69) is 33.9 Å². The summed E-state index contributed by atoms with van der Waals surface area (Å²) in [6.07, 6.45) is 5.01. The van der Waals surface area contributed by atoms with Crippen LogP contribution in [0.2, 0.25) is 0 Å². The summed E-state index contributed by atoms with van der Waals surface area (Å²) in [7, 11) is 0. The fraction of sp³-hybridized carbons (Fsp3) is 0.296. The van der Waals surface area contributed by atoms with E-state index in [4.69, 9.17) is 15.1 Å². The Morgan fingerprint density at radius 1 is 1.08 bits per heavy atom. The van der Waals surface area contributed by atoms with E-state index in [9.17, 15) is 4.79 Å². The number of hydrogen-bond acceptors (Lipinski definition) is 6. The zero-order chi connectivity index (χ0) is 25.1. The van der Waals surface area contributed by atoms with Crippen molar-refractivity contribution in [3.63, 3.8) is 0 Å². The number of fused-ring (bicyclic) bond motifs is 3. The molecule has 0 fully saturated rings. The molecule has 0 spiro atoms. The van der Waals surface area contributed by atoms with Crippen LogP contribution in [0.15, 0.2) is 66.2 Å². The van der Waals surface area contributed by atoms with Gasteiger partial charge in [-0.3, -0.25) is 4.79 Å². The van der Waals surface area contributed by atoms with Crippen LogP contribution >= 0.6 is 11.8 Å². The third kappa shape index (κ3) is 5.11. The summed E-state index contributed by atoms with van der Waals surface area (Å²) < 4.78 is 3.88. The molecule has 0 aliphatic heterocycles. The van der Waals surface area contributed by atoms with Gasteiger partial charge in [-0.25, -0.2) is 15.0 Å². The standard InChI is InChI=1S/C27H29N7OS/c1-4-23(26(35)29-16-20-11-9-18(2)10-12-20)36-27-30-22-8-6-5-7-21(22)25-31-24(32-34(25)27)13-14-33-17-28-15-19(33)3/h5-12,15,17,23H,4,13-14,16H2,1-3H3,(H,29,35). The molecule has 3 aromatic heterocycles. The maximum atomic E-state index is 13.1. The maximum Gasteiger partial charge on any atom is 0.233 e. The van der Waals surface area contributed by atoms with Gasteiger partial charge in [0.2, 0.25) is 5.91 Å². The van der Waals surface area contributed by atoms with Crippen LogP contribution in [-0.2, 0) is 24.3 Å². The van der Waals surface area contributed by atoms with Crippen molar-refractivity contribution >= 4 is 34.2 Å². The van der Waals surface area contributed by atoms with Gasteiger partial charge in [0.05, 0.1) is 17.1 Å². The molecule has 0 aliphatic rings. The summed E-state index contributed by atoms with van der Waals surface area (Å²) in [6, 6.07) is 16.1. The first kappa shape index (κ1) is 24.0. The van der Waals surface area contributed by atoms with Crippen LogP contribution in [0, 0.1) is 13.8 Å². The van der Waals surface area contributed by atoms with Crippen molar-refractivity contribution in [2.45, 2.75) is 57.1 Å². The van der Waals surface area contributed by atoms with Gasteiger partial charge in [0.1, 0.15) is 0 Å². The van der Waals surface area contributed by atoms with E-state index in [0.29, 0.717) is 24.5 Å². The molecule has 3 heterocycles. The molecule has 184 valence electrons. The summed E-state index contributed by atoms with van der Waals surface area (Å²) in [6.45, 7) is 7.35. The van der Waals surface area contributed by atoms with Crippen LogP contribution in [0.25, 0.3) is 16.6 Å². The topological polar surface area (TPSA) is 90.0 Å². The number of aryl methyl sites for hydroxylation is 4. The summed E-state index contributed by atoms with van der Waals surface area (Å²) >= 11 is 1.43. The molecule has 1 atom stereocenters. The van der Waals surface area contributed by atoms with E-state index in [-0.39, 0.29) is 11.2 Å². The lowest BCUT2D eigenvalue weighted by molar-refractivity contribution is -0.120. The summed E-state index contributed by atoms with van der Waals surface area (Å²) in [5.74, 6) is 0.724. The second-order valence-corrected chi connectivity index (χ2v) is 10.0. The quantitative estimate of drug-likeness (QED) is 0.237. The molecule has 1 unspecified atom stereocenters. The molecule has 1 amide bonds. The molecule has 2 aromatic carbocycles. The lowest BCUT2D eigenvalue weighted by Crippen LogP contribution is -2.32. The highest BCUT2D eigenvalue weighted by Crippen LogP contribution is 2.28. The molecule has 9 heteroatoms. The first-order valence-corrected chi connectivity index (χ1v) is 13.0. The van der Waals surface area contributed by atoms with Gasteiger partial charge in [-0.15, -0.1) is 5.10 Å². The average Bonchev–Trinajstić information content (AvgIpc) is 3.51. The predicted octanol–water partition coefficient (Wildman–Crippen LogP) is 4.52. The highest BCUT2D eigenvalue weighted by Gasteiger charge is 2.22. The molecule has 0 bridgehead atoms. The average molecular weight is 500 g/mol. The van der Waals surface area contributed by atoms with Gasteiger partial charge in [0, 0.05) is 36.8 Å². The van der Waals surface area contributed by atoms with Crippen LogP contribution in [0.1, 0.15) is 36.0 Å². The maximum absolute atomic E-state index is 13.1.